The van der Waals surface area contributed by atoms with Gasteiger partial charge in [0.05, 0.1) is 0 Å². The van der Waals surface area contributed by atoms with Crippen LogP contribution in [0.3, 0.4) is 0 Å². The highest BCUT2D eigenvalue weighted by atomic mass is 14.7. The molecule has 54 valence electrons. The van der Waals surface area contributed by atoms with Crippen molar-refractivity contribution < 1.29 is 0 Å². The van der Waals surface area contributed by atoms with Crippen LogP contribution in [0.4, 0.5) is 0 Å². The lowest BCUT2D eigenvalue weighted by Crippen LogP contribution is -2.34. The Morgan fingerprint density at radius 1 is 1.40 bits per heavy atom. The Kier molecular flexibility index (Phi) is 1.25. The fourth-order valence-corrected chi connectivity index (χ4v) is 2.15. The first kappa shape index (κ1) is 6.24. The minimum absolute atomic E-state index is 0.264. The standard InChI is InChI=1S/C9H13N/c10-8-4-3-7-9(8)5-1-2-6-9/h8H,1,3-5,7,10H2. The quantitative estimate of drug-likeness (QED) is 0.497. The molecule has 0 aromatic heterocycles. The third kappa shape index (κ3) is 0.690. The van der Waals surface area contributed by atoms with Gasteiger partial charge in [-0.1, -0.05) is 12.3 Å². The first-order valence-corrected chi connectivity index (χ1v) is 4.09. The van der Waals surface area contributed by atoms with Crippen molar-refractivity contribution in [2.24, 2.45) is 11.1 Å². The Labute approximate surface area is 62.0 Å². The second-order valence-electron chi connectivity index (χ2n) is 3.46. The zero-order valence-electron chi connectivity index (χ0n) is 6.19. The second kappa shape index (κ2) is 2.00. The van der Waals surface area contributed by atoms with Crippen LogP contribution in [0.5, 0.6) is 0 Å². The van der Waals surface area contributed by atoms with Gasteiger partial charge in [-0.25, -0.2) is 0 Å². The van der Waals surface area contributed by atoms with Crippen LogP contribution in [0.25, 0.3) is 0 Å². The van der Waals surface area contributed by atoms with Crippen LogP contribution in [-0.2, 0) is 0 Å². The average Bonchev–Trinajstić information content (AvgIpc) is 2.48. The summed E-state index contributed by atoms with van der Waals surface area (Å²) < 4.78 is 0. The van der Waals surface area contributed by atoms with Gasteiger partial charge in [-0.2, -0.15) is 0 Å². The molecule has 2 N–H and O–H groups in total. The molecule has 0 radical (unpaired) electrons. The van der Waals surface area contributed by atoms with Crippen molar-refractivity contribution in [2.75, 3.05) is 0 Å². The molecule has 0 aliphatic heterocycles. The van der Waals surface area contributed by atoms with Gasteiger partial charge in [0.15, 0.2) is 0 Å². The van der Waals surface area contributed by atoms with Crippen molar-refractivity contribution in [3.05, 3.63) is 0 Å². The highest BCUT2D eigenvalue weighted by Gasteiger charge is 2.40. The fraction of sp³-hybridized carbons (Fsp3) is 0.778. The summed E-state index contributed by atoms with van der Waals surface area (Å²) in [6.45, 7) is 0. The van der Waals surface area contributed by atoms with Crippen molar-refractivity contribution >= 4 is 0 Å². The van der Waals surface area contributed by atoms with Gasteiger partial charge in [0, 0.05) is 17.9 Å². The van der Waals surface area contributed by atoms with Crippen LogP contribution < -0.4 is 5.73 Å². The van der Waals surface area contributed by atoms with E-state index in [4.69, 9.17) is 5.73 Å². The molecule has 1 fully saturated rings. The maximum atomic E-state index is 5.97. The van der Waals surface area contributed by atoms with Crippen LogP contribution in [0.15, 0.2) is 0 Å². The lowest BCUT2D eigenvalue weighted by atomic mass is 9.83. The highest BCUT2D eigenvalue weighted by molar-refractivity contribution is 5.23. The van der Waals surface area contributed by atoms with E-state index in [-0.39, 0.29) is 5.41 Å². The minimum atomic E-state index is 0.264. The first-order chi connectivity index (χ1) is 4.83. The summed E-state index contributed by atoms with van der Waals surface area (Å²) in [6, 6.07) is 0.377. The zero-order valence-corrected chi connectivity index (χ0v) is 6.19. The Bertz CT molecular complexity index is 199. The molecule has 1 spiro atoms. The van der Waals surface area contributed by atoms with Crippen LogP contribution in [0.2, 0.25) is 0 Å². The molecule has 2 rings (SSSR count). The third-order valence-electron chi connectivity index (χ3n) is 2.88. The van der Waals surface area contributed by atoms with Crippen molar-refractivity contribution in [1.82, 2.24) is 0 Å². The smallest absolute Gasteiger partial charge is 0.0474 e. The molecule has 0 aromatic carbocycles. The SMILES string of the molecule is NC1CCCC12C#CCC2. The van der Waals surface area contributed by atoms with E-state index in [1.165, 1.54) is 25.7 Å². The van der Waals surface area contributed by atoms with E-state index in [9.17, 15) is 0 Å². The average molecular weight is 135 g/mol. The molecule has 1 saturated carbocycles. The lowest BCUT2D eigenvalue weighted by molar-refractivity contribution is 0.353. The number of hydrogen-bond acceptors (Lipinski definition) is 1. The number of nitrogens with two attached hydrogens (primary N) is 1. The van der Waals surface area contributed by atoms with Gasteiger partial charge < -0.3 is 5.73 Å². The Morgan fingerprint density at radius 2 is 2.30 bits per heavy atom. The molecule has 0 bridgehead atoms. The van der Waals surface area contributed by atoms with Crippen molar-refractivity contribution in [1.29, 1.82) is 0 Å². The highest BCUT2D eigenvalue weighted by Crippen LogP contribution is 2.42. The van der Waals surface area contributed by atoms with E-state index in [2.05, 4.69) is 11.8 Å². The van der Waals surface area contributed by atoms with Crippen LogP contribution in [-0.4, -0.2) is 6.04 Å². The predicted molar refractivity (Wildman–Crippen MR) is 41.3 cm³/mol. The molecule has 2 atom stereocenters. The Hall–Kier alpha value is -0.480. The van der Waals surface area contributed by atoms with E-state index >= 15 is 0 Å². The van der Waals surface area contributed by atoms with Gasteiger partial charge in [-0.3, -0.25) is 0 Å². The first-order valence-electron chi connectivity index (χ1n) is 4.09. The molecule has 0 amide bonds. The number of rotatable bonds is 0. The molecule has 1 heteroatoms. The van der Waals surface area contributed by atoms with Gasteiger partial charge in [-0.05, 0) is 19.3 Å². The zero-order chi connectivity index (χ0) is 7.03. The molecule has 0 saturated heterocycles. The third-order valence-corrected chi connectivity index (χ3v) is 2.88. The molecule has 10 heavy (non-hydrogen) atoms. The maximum absolute atomic E-state index is 5.97. The van der Waals surface area contributed by atoms with E-state index < -0.39 is 0 Å². The normalized spacial score (nSPS) is 43.9. The van der Waals surface area contributed by atoms with Crippen LogP contribution >= 0.6 is 0 Å². The van der Waals surface area contributed by atoms with Gasteiger partial charge in [0.25, 0.3) is 0 Å². The van der Waals surface area contributed by atoms with Gasteiger partial charge in [0.1, 0.15) is 0 Å². The van der Waals surface area contributed by atoms with Crippen molar-refractivity contribution in [3.63, 3.8) is 0 Å². The fourth-order valence-electron chi connectivity index (χ4n) is 2.15. The van der Waals surface area contributed by atoms with Crippen LogP contribution in [0.1, 0.15) is 32.1 Å². The number of hydrogen-bond donors (Lipinski definition) is 1. The summed E-state index contributed by atoms with van der Waals surface area (Å²) in [4.78, 5) is 0. The predicted octanol–water partition coefficient (Wildman–Crippen LogP) is 1.28. The minimum Gasteiger partial charge on any atom is -0.326 e. The van der Waals surface area contributed by atoms with E-state index in [0.29, 0.717) is 6.04 Å². The molecule has 2 unspecified atom stereocenters. The molecule has 2 aliphatic carbocycles. The summed E-state index contributed by atoms with van der Waals surface area (Å²) in [5, 5.41) is 0. The second-order valence-corrected chi connectivity index (χ2v) is 3.46. The summed E-state index contributed by atoms with van der Waals surface area (Å²) in [5.41, 5.74) is 6.24. The lowest BCUT2D eigenvalue weighted by Gasteiger charge is -2.23. The van der Waals surface area contributed by atoms with E-state index in [0.717, 1.165) is 6.42 Å². The van der Waals surface area contributed by atoms with Crippen molar-refractivity contribution in [2.45, 2.75) is 38.1 Å². The molecule has 0 heterocycles. The summed E-state index contributed by atoms with van der Waals surface area (Å²) in [6.07, 6.45) is 6.01. The maximum Gasteiger partial charge on any atom is 0.0474 e. The van der Waals surface area contributed by atoms with E-state index in [1.807, 2.05) is 0 Å². The van der Waals surface area contributed by atoms with Gasteiger partial charge in [0.2, 0.25) is 0 Å². The summed E-state index contributed by atoms with van der Waals surface area (Å²) >= 11 is 0. The largest absolute Gasteiger partial charge is 0.326 e. The van der Waals surface area contributed by atoms with Gasteiger partial charge >= 0.3 is 0 Å². The van der Waals surface area contributed by atoms with Gasteiger partial charge in [-0.15, -0.1) is 5.92 Å². The Morgan fingerprint density at radius 3 is 2.80 bits per heavy atom. The molecule has 0 aromatic rings. The Balaban J connectivity index is 2.23. The molecular formula is C9H13N. The summed E-state index contributed by atoms with van der Waals surface area (Å²) in [7, 11) is 0. The topological polar surface area (TPSA) is 26.0 Å². The van der Waals surface area contributed by atoms with E-state index in [1.54, 1.807) is 0 Å². The molecule has 2 aliphatic rings. The monoisotopic (exact) mass is 135 g/mol. The van der Waals surface area contributed by atoms with Crippen LogP contribution in [0, 0.1) is 17.3 Å². The molecule has 1 nitrogen and oxygen atoms in total. The summed E-state index contributed by atoms with van der Waals surface area (Å²) in [5.74, 6) is 6.46. The molecular weight excluding hydrogens is 122 g/mol. The van der Waals surface area contributed by atoms with Crippen molar-refractivity contribution in [3.8, 4) is 11.8 Å².